The van der Waals surface area contributed by atoms with E-state index in [1.54, 1.807) is 21.0 Å². The molecule has 0 radical (unpaired) electrons. The molecular weight excluding hydrogens is 438 g/mol. The standard InChI is InChI=1S/C25H33N3O4S/c1-16-21(28-23(26-16)33-22(27-28)24(2,3)29)19-7-8-20(30-4)18(15-19)6-5-17-9-11-25(12-10-17)31-13-14-32-25/h7-8,15,17,29H,5-6,9-14H2,1-4H3. The zero-order valence-corrected chi connectivity index (χ0v) is 20.7. The van der Waals surface area contributed by atoms with Crippen LogP contribution in [-0.4, -0.2) is 45.8 Å². The van der Waals surface area contributed by atoms with Crippen molar-refractivity contribution < 1.29 is 19.3 Å². The van der Waals surface area contributed by atoms with E-state index in [1.165, 1.54) is 16.9 Å². The fourth-order valence-corrected chi connectivity index (χ4v) is 6.05. The lowest BCUT2D eigenvalue weighted by Crippen LogP contribution is -2.35. The first-order valence-corrected chi connectivity index (χ1v) is 12.6. The van der Waals surface area contributed by atoms with Gasteiger partial charge in [0.2, 0.25) is 4.96 Å². The average molecular weight is 472 g/mol. The van der Waals surface area contributed by atoms with Crippen molar-refractivity contribution in [2.24, 2.45) is 5.92 Å². The van der Waals surface area contributed by atoms with Gasteiger partial charge in [-0.2, -0.15) is 5.10 Å². The molecule has 1 saturated carbocycles. The summed E-state index contributed by atoms with van der Waals surface area (Å²) >= 11 is 1.43. The second-order valence-corrected chi connectivity index (χ2v) is 10.8. The van der Waals surface area contributed by atoms with E-state index in [4.69, 9.17) is 19.2 Å². The summed E-state index contributed by atoms with van der Waals surface area (Å²) in [6.45, 7) is 6.97. The van der Waals surface area contributed by atoms with Crippen molar-refractivity contribution in [1.82, 2.24) is 14.6 Å². The smallest absolute Gasteiger partial charge is 0.213 e. The molecule has 8 heteroatoms. The summed E-state index contributed by atoms with van der Waals surface area (Å²) in [7, 11) is 1.73. The molecule has 5 rings (SSSR count). The number of ether oxygens (including phenoxy) is 3. The fourth-order valence-electron chi connectivity index (χ4n) is 5.10. The number of hydrogen-bond acceptors (Lipinski definition) is 7. The maximum atomic E-state index is 10.4. The van der Waals surface area contributed by atoms with Crippen molar-refractivity contribution in [2.45, 2.75) is 70.7 Å². The zero-order chi connectivity index (χ0) is 23.2. The van der Waals surface area contributed by atoms with Gasteiger partial charge in [0.05, 0.1) is 31.7 Å². The van der Waals surface area contributed by atoms with E-state index >= 15 is 0 Å². The maximum Gasteiger partial charge on any atom is 0.213 e. The highest BCUT2D eigenvalue weighted by molar-refractivity contribution is 7.16. The molecule has 178 valence electrons. The molecule has 1 N–H and O–H groups in total. The predicted octanol–water partition coefficient (Wildman–Crippen LogP) is 4.87. The Morgan fingerprint density at radius 2 is 1.97 bits per heavy atom. The number of benzene rings is 1. The fraction of sp³-hybridized carbons (Fsp3) is 0.600. The molecule has 0 atom stereocenters. The van der Waals surface area contributed by atoms with E-state index in [9.17, 15) is 5.11 Å². The molecule has 2 fully saturated rings. The third-order valence-corrected chi connectivity index (χ3v) is 8.18. The average Bonchev–Trinajstić information content (AvgIpc) is 3.48. The lowest BCUT2D eigenvalue weighted by molar-refractivity contribution is -0.182. The minimum atomic E-state index is -0.991. The summed E-state index contributed by atoms with van der Waals surface area (Å²) in [6.07, 6.45) is 6.36. The summed E-state index contributed by atoms with van der Waals surface area (Å²) in [5.74, 6) is 1.30. The summed E-state index contributed by atoms with van der Waals surface area (Å²) in [5.41, 5.74) is 3.18. The number of aliphatic hydroxyl groups is 1. The van der Waals surface area contributed by atoms with E-state index in [1.807, 2.05) is 17.5 Å². The molecule has 33 heavy (non-hydrogen) atoms. The van der Waals surface area contributed by atoms with Crippen LogP contribution >= 0.6 is 11.3 Å². The van der Waals surface area contributed by atoms with E-state index in [2.05, 4.69) is 17.2 Å². The third-order valence-electron chi connectivity index (χ3n) is 6.96. The maximum absolute atomic E-state index is 10.4. The summed E-state index contributed by atoms with van der Waals surface area (Å²) < 4.78 is 19.3. The Balaban J connectivity index is 1.36. The summed E-state index contributed by atoms with van der Waals surface area (Å²) in [5, 5.41) is 15.7. The Kier molecular flexibility index (Phi) is 5.97. The molecule has 0 bridgehead atoms. The molecule has 2 aliphatic rings. The Bertz CT molecular complexity index is 1130. The minimum Gasteiger partial charge on any atom is -0.496 e. The van der Waals surface area contributed by atoms with E-state index in [0.29, 0.717) is 10.9 Å². The number of rotatable bonds is 6. The Morgan fingerprint density at radius 3 is 2.64 bits per heavy atom. The van der Waals surface area contributed by atoms with Gasteiger partial charge in [-0.25, -0.2) is 9.50 Å². The van der Waals surface area contributed by atoms with Crippen LogP contribution in [0.2, 0.25) is 0 Å². The second-order valence-electron chi connectivity index (χ2n) is 9.82. The number of methoxy groups -OCH3 is 1. The Labute approximate surface area is 198 Å². The molecule has 3 heterocycles. The van der Waals surface area contributed by atoms with E-state index in [-0.39, 0.29) is 5.79 Å². The van der Waals surface area contributed by atoms with Crippen LogP contribution in [0.1, 0.15) is 62.2 Å². The van der Waals surface area contributed by atoms with Gasteiger partial charge in [0.1, 0.15) is 16.4 Å². The normalized spacial score (nSPS) is 19.1. The SMILES string of the molecule is COc1ccc(-c2c(C)nc3sc(C(C)(C)O)nn23)cc1CCC1CCC2(CC1)OCCO2. The first kappa shape index (κ1) is 22.8. The van der Waals surface area contributed by atoms with E-state index in [0.717, 1.165) is 79.4 Å². The monoisotopic (exact) mass is 471 g/mol. The molecule has 0 unspecified atom stereocenters. The van der Waals surface area contributed by atoms with Crippen LogP contribution in [0.3, 0.4) is 0 Å². The highest BCUT2D eigenvalue weighted by Crippen LogP contribution is 2.40. The third kappa shape index (κ3) is 4.41. The van der Waals surface area contributed by atoms with Gasteiger partial charge in [-0.15, -0.1) is 0 Å². The molecule has 1 aliphatic carbocycles. The molecule has 3 aromatic rings. The molecule has 7 nitrogen and oxygen atoms in total. The molecule has 1 spiro atoms. The lowest BCUT2D eigenvalue weighted by atomic mass is 9.82. The highest BCUT2D eigenvalue weighted by Gasteiger charge is 2.40. The van der Waals surface area contributed by atoms with Crippen molar-refractivity contribution in [1.29, 1.82) is 0 Å². The molecule has 0 amide bonds. The van der Waals surface area contributed by atoms with Gasteiger partial charge in [-0.3, -0.25) is 0 Å². The molecule has 1 saturated heterocycles. The molecular formula is C25H33N3O4S. The first-order chi connectivity index (χ1) is 15.8. The van der Waals surface area contributed by atoms with Gasteiger partial charge in [0.15, 0.2) is 5.79 Å². The quantitative estimate of drug-likeness (QED) is 0.553. The lowest BCUT2D eigenvalue weighted by Gasteiger charge is -2.35. The molecule has 2 aromatic heterocycles. The number of fused-ring (bicyclic) bond motifs is 1. The minimum absolute atomic E-state index is 0.297. The van der Waals surface area contributed by atoms with Crippen LogP contribution in [0.5, 0.6) is 5.75 Å². The van der Waals surface area contributed by atoms with Crippen LogP contribution in [0.4, 0.5) is 0 Å². The van der Waals surface area contributed by atoms with Crippen molar-refractivity contribution in [2.75, 3.05) is 20.3 Å². The van der Waals surface area contributed by atoms with E-state index < -0.39 is 5.60 Å². The number of imidazole rings is 1. The van der Waals surface area contributed by atoms with Crippen LogP contribution in [0.15, 0.2) is 18.2 Å². The number of hydrogen-bond donors (Lipinski definition) is 1. The molecule has 1 aromatic carbocycles. The van der Waals surface area contributed by atoms with Crippen molar-refractivity contribution >= 4 is 16.3 Å². The zero-order valence-electron chi connectivity index (χ0n) is 19.9. The highest BCUT2D eigenvalue weighted by atomic mass is 32.1. The van der Waals surface area contributed by atoms with Gasteiger partial charge >= 0.3 is 0 Å². The van der Waals surface area contributed by atoms with Crippen LogP contribution < -0.4 is 4.74 Å². The van der Waals surface area contributed by atoms with Gasteiger partial charge in [0, 0.05) is 18.4 Å². The topological polar surface area (TPSA) is 78.1 Å². The van der Waals surface area contributed by atoms with Gasteiger partial charge in [0.25, 0.3) is 0 Å². The largest absolute Gasteiger partial charge is 0.496 e. The first-order valence-electron chi connectivity index (χ1n) is 11.8. The summed E-state index contributed by atoms with van der Waals surface area (Å²) in [6, 6.07) is 6.33. The van der Waals surface area contributed by atoms with Gasteiger partial charge in [-0.1, -0.05) is 11.3 Å². The second kappa shape index (κ2) is 8.65. The van der Waals surface area contributed by atoms with Crippen LogP contribution in [-0.2, 0) is 21.5 Å². The predicted molar refractivity (Wildman–Crippen MR) is 128 cm³/mol. The number of aromatic nitrogens is 3. The molecule has 1 aliphatic heterocycles. The Hall–Kier alpha value is -2.00. The van der Waals surface area contributed by atoms with Crippen molar-refractivity contribution in [3.8, 4) is 17.0 Å². The van der Waals surface area contributed by atoms with Gasteiger partial charge in [-0.05, 0) is 76.1 Å². The van der Waals surface area contributed by atoms with Crippen molar-refractivity contribution in [3.63, 3.8) is 0 Å². The van der Waals surface area contributed by atoms with Gasteiger partial charge < -0.3 is 19.3 Å². The number of nitrogens with zero attached hydrogens (tertiary/aromatic N) is 3. The summed E-state index contributed by atoms with van der Waals surface area (Å²) in [4.78, 5) is 5.50. The van der Waals surface area contributed by atoms with Crippen LogP contribution in [0, 0.1) is 12.8 Å². The van der Waals surface area contributed by atoms with Crippen LogP contribution in [0.25, 0.3) is 16.2 Å². The van der Waals surface area contributed by atoms with Crippen molar-refractivity contribution in [3.05, 3.63) is 34.5 Å². The number of aryl methyl sites for hydroxylation is 2. The Morgan fingerprint density at radius 1 is 1.24 bits per heavy atom.